The number of rotatable bonds is 8. The summed E-state index contributed by atoms with van der Waals surface area (Å²) in [6, 6.07) is 11.2. The highest BCUT2D eigenvalue weighted by atomic mass is 35.5. The molecule has 29 heavy (non-hydrogen) atoms. The predicted molar refractivity (Wildman–Crippen MR) is 118 cm³/mol. The van der Waals surface area contributed by atoms with Crippen molar-refractivity contribution in [3.05, 3.63) is 78.4 Å². The second-order valence-corrected chi connectivity index (χ2v) is 9.41. The number of hydrogen-bond donors (Lipinski definition) is 1. The summed E-state index contributed by atoms with van der Waals surface area (Å²) in [5.74, 6) is -0.322. The number of fused-ring (bicyclic) bond motifs is 1. The summed E-state index contributed by atoms with van der Waals surface area (Å²) in [7, 11) is -3.71. The smallest absolute Gasteiger partial charge is 0.257 e. The fourth-order valence-electron chi connectivity index (χ4n) is 2.60. The molecule has 150 valence electrons. The topological polar surface area (TPSA) is 79.4 Å². The molecular formula is C20H18ClN3O3S2. The summed E-state index contributed by atoms with van der Waals surface area (Å²) < 4.78 is 27.7. The Bertz CT molecular complexity index is 1160. The first-order chi connectivity index (χ1) is 13.8. The third-order valence-electron chi connectivity index (χ3n) is 3.99. The second kappa shape index (κ2) is 8.87. The number of carbonyl (C=O) groups is 1. The molecule has 3 rings (SSSR count). The summed E-state index contributed by atoms with van der Waals surface area (Å²) in [5, 5.41) is 3.65. The molecule has 6 nitrogen and oxygen atoms in total. The Labute approximate surface area is 178 Å². The number of nitrogens with zero attached hydrogens (tertiary/aromatic N) is 2. The molecule has 1 amide bonds. The third kappa shape index (κ3) is 4.73. The molecular weight excluding hydrogens is 430 g/mol. The van der Waals surface area contributed by atoms with Crippen molar-refractivity contribution in [3.63, 3.8) is 0 Å². The van der Waals surface area contributed by atoms with E-state index in [1.54, 1.807) is 36.4 Å². The minimum absolute atomic E-state index is 0.146. The average Bonchev–Trinajstić information content (AvgIpc) is 3.09. The minimum atomic E-state index is -3.71. The van der Waals surface area contributed by atoms with Crippen LogP contribution in [-0.2, 0) is 10.0 Å². The quantitative estimate of drug-likeness (QED) is 0.513. The molecule has 0 aliphatic rings. The summed E-state index contributed by atoms with van der Waals surface area (Å²) in [5.41, 5.74) is 1.04. The van der Waals surface area contributed by atoms with Crippen LogP contribution in [0.3, 0.4) is 0 Å². The standard InChI is InChI=1S/C20H18ClN3O3S2/c1-3-11-24(12-4-2)29(26,27)16-9-10-17-18(13-16)28-20(22-17)23-19(25)14-5-7-15(21)8-6-14/h3-10,13H,1-2,11-12H2,(H,22,23,25). The van der Waals surface area contributed by atoms with Gasteiger partial charge in [0.1, 0.15) is 0 Å². The Hall–Kier alpha value is -2.52. The first-order valence-electron chi connectivity index (χ1n) is 8.54. The molecule has 0 fully saturated rings. The van der Waals surface area contributed by atoms with Crippen molar-refractivity contribution in [2.45, 2.75) is 4.90 Å². The number of hydrogen-bond acceptors (Lipinski definition) is 5. The zero-order valence-corrected chi connectivity index (χ0v) is 17.7. The van der Waals surface area contributed by atoms with Gasteiger partial charge < -0.3 is 0 Å². The van der Waals surface area contributed by atoms with Crippen LogP contribution < -0.4 is 5.32 Å². The van der Waals surface area contributed by atoms with Crippen LogP contribution in [0.25, 0.3) is 10.2 Å². The lowest BCUT2D eigenvalue weighted by atomic mass is 10.2. The fourth-order valence-corrected chi connectivity index (χ4v) is 5.11. The Morgan fingerprint density at radius 1 is 1.14 bits per heavy atom. The van der Waals surface area contributed by atoms with E-state index in [1.165, 1.54) is 33.9 Å². The average molecular weight is 448 g/mol. The maximum absolute atomic E-state index is 12.9. The van der Waals surface area contributed by atoms with Gasteiger partial charge in [-0.1, -0.05) is 35.1 Å². The molecule has 1 aromatic heterocycles. The lowest BCUT2D eigenvalue weighted by Crippen LogP contribution is -2.31. The van der Waals surface area contributed by atoms with Crippen LogP contribution in [0.5, 0.6) is 0 Å². The van der Waals surface area contributed by atoms with E-state index in [0.29, 0.717) is 25.9 Å². The normalized spacial score (nSPS) is 11.5. The van der Waals surface area contributed by atoms with Crippen molar-refractivity contribution in [3.8, 4) is 0 Å². The van der Waals surface area contributed by atoms with E-state index in [1.807, 2.05) is 0 Å². The lowest BCUT2D eigenvalue weighted by molar-refractivity contribution is 0.102. The molecule has 3 aromatic rings. The van der Waals surface area contributed by atoms with Crippen LogP contribution >= 0.6 is 22.9 Å². The molecule has 0 aliphatic carbocycles. The number of amides is 1. The molecule has 0 radical (unpaired) electrons. The van der Waals surface area contributed by atoms with E-state index in [0.717, 1.165) is 0 Å². The minimum Gasteiger partial charge on any atom is -0.298 e. The number of benzene rings is 2. The SMILES string of the molecule is C=CCN(CC=C)S(=O)(=O)c1ccc2nc(NC(=O)c3ccc(Cl)cc3)sc2c1. The highest BCUT2D eigenvalue weighted by Gasteiger charge is 2.23. The molecule has 0 atom stereocenters. The molecule has 0 saturated heterocycles. The molecule has 0 unspecified atom stereocenters. The molecule has 1 heterocycles. The van der Waals surface area contributed by atoms with Gasteiger partial charge in [0.15, 0.2) is 5.13 Å². The monoisotopic (exact) mass is 447 g/mol. The van der Waals surface area contributed by atoms with Gasteiger partial charge in [0.05, 0.1) is 15.1 Å². The van der Waals surface area contributed by atoms with Crippen molar-refractivity contribution in [2.75, 3.05) is 18.4 Å². The van der Waals surface area contributed by atoms with Crippen LogP contribution in [0.15, 0.2) is 72.7 Å². The van der Waals surface area contributed by atoms with E-state index in [9.17, 15) is 13.2 Å². The number of aromatic nitrogens is 1. The van der Waals surface area contributed by atoms with E-state index in [-0.39, 0.29) is 23.9 Å². The number of carbonyl (C=O) groups excluding carboxylic acids is 1. The van der Waals surface area contributed by atoms with Gasteiger partial charge in [-0.3, -0.25) is 10.1 Å². The Morgan fingerprint density at radius 3 is 2.41 bits per heavy atom. The van der Waals surface area contributed by atoms with Gasteiger partial charge in [-0.25, -0.2) is 13.4 Å². The van der Waals surface area contributed by atoms with Crippen LogP contribution in [0.2, 0.25) is 5.02 Å². The van der Waals surface area contributed by atoms with E-state index in [2.05, 4.69) is 23.5 Å². The van der Waals surface area contributed by atoms with Gasteiger partial charge in [0.2, 0.25) is 10.0 Å². The van der Waals surface area contributed by atoms with Gasteiger partial charge >= 0.3 is 0 Å². The molecule has 0 spiro atoms. The zero-order chi connectivity index (χ0) is 21.0. The summed E-state index contributed by atoms with van der Waals surface area (Å²) in [6.07, 6.45) is 3.05. The van der Waals surface area contributed by atoms with Crippen molar-refractivity contribution >= 4 is 54.2 Å². The van der Waals surface area contributed by atoms with Crippen LogP contribution in [0.4, 0.5) is 5.13 Å². The predicted octanol–water partition coefficient (Wildman–Crippen LogP) is 4.56. The molecule has 0 saturated carbocycles. The maximum atomic E-state index is 12.9. The Kier molecular flexibility index (Phi) is 6.49. The first kappa shape index (κ1) is 21.2. The van der Waals surface area contributed by atoms with E-state index in [4.69, 9.17) is 11.6 Å². The first-order valence-corrected chi connectivity index (χ1v) is 11.2. The number of thiazole rings is 1. The number of nitrogens with one attached hydrogen (secondary N) is 1. The molecule has 2 aromatic carbocycles. The second-order valence-electron chi connectivity index (χ2n) is 6.01. The summed E-state index contributed by atoms with van der Waals surface area (Å²) in [4.78, 5) is 16.9. The van der Waals surface area contributed by atoms with Gasteiger partial charge in [-0.15, -0.1) is 13.2 Å². The third-order valence-corrected chi connectivity index (χ3v) is 7.00. The van der Waals surface area contributed by atoms with E-state index >= 15 is 0 Å². The Balaban J connectivity index is 1.87. The summed E-state index contributed by atoms with van der Waals surface area (Å²) >= 11 is 7.04. The van der Waals surface area contributed by atoms with Crippen molar-refractivity contribution < 1.29 is 13.2 Å². The van der Waals surface area contributed by atoms with Crippen LogP contribution in [-0.4, -0.2) is 36.7 Å². The molecule has 0 bridgehead atoms. The Morgan fingerprint density at radius 2 is 1.79 bits per heavy atom. The van der Waals surface area contributed by atoms with E-state index < -0.39 is 10.0 Å². The highest BCUT2D eigenvalue weighted by molar-refractivity contribution is 7.89. The van der Waals surface area contributed by atoms with Gasteiger partial charge in [-0.2, -0.15) is 4.31 Å². The summed E-state index contributed by atoms with van der Waals surface area (Å²) in [6.45, 7) is 7.57. The number of sulfonamides is 1. The van der Waals surface area contributed by atoms with Crippen LogP contribution in [0.1, 0.15) is 10.4 Å². The van der Waals surface area contributed by atoms with Gasteiger partial charge in [0.25, 0.3) is 5.91 Å². The molecule has 1 N–H and O–H groups in total. The lowest BCUT2D eigenvalue weighted by Gasteiger charge is -2.18. The highest BCUT2D eigenvalue weighted by Crippen LogP contribution is 2.29. The fraction of sp³-hybridized carbons (Fsp3) is 0.100. The van der Waals surface area contributed by atoms with Crippen molar-refractivity contribution in [1.82, 2.24) is 9.29 Å². The van der Waals surface area contributed by atoms with Gasteiger partial charge in [0, 0.05) is 23.7 Å². The van der Waals surface area contributed by atoms with Crippen molar-refractivity contribution in [2.24, 2.45) is 0 Å². The number of halogens is 1. The molecule has 0 aliphatic heterocycles. The number of anilines is 1. The van der Waals surface area contributed by atoms with Crippen molar-refractivity contribution in [1.29, 1.82) is 0 Å². The maximum Gasteiger partial charge on any atom is 0.257 e. The van der Waals surface area contributed by atoms with Crippen LogP contribution in [0, 0.1) is 0 Å². The zero-order valence-electron chi connectivity index (χ0n) is 15.3. The largest absolute Gasteiger partial charge is 0.298 e. The molecule has 9 heteroatoms. The van der Waals surface area contributed by atoms with Gasteiger partial charge in [-0.05, 0) is 42.5 Å².